The average molecular weight is 434 g/mol. The van der Waals surface area contributed by atoms with E-state index in [1.807, 2.05) is 0 Å². The Morgan fingerprint density at radius 1 is 1.38 bits per heavy atom. The third-order valence-corrected chi connectivity index (χ3v) is 2.60. The summed E-state index contributed by atoms with van der Waals surface area (Å²) < 4.78 is 0. The van der Waals surface area contributed by atoms with Crippen LogP contribution in [0.4, 0.5) is 0 Å². The fourth-order valence-electron chi connectivity index (χ4n) is 0.0577. The van der Waals surface area contributed by atoms with E-state index in [2.05, 4.69) is 6.92 Å². The monoisotopic (exact) mass is 432 g/mol. The van der Waals surface area contributed by atoms with Gasteiger partial charge in [-0.25, -0.2) is 0 Å². The van der Waals surface area contributed by atoms with Crippen molar-refractivity contribution in [2.24, 2.45) is 0 Å². The minimum absolute atomic E-state index is 0. The van der Waals surface area contributed by atoms with Gasteiger partial charge in [0.25, 0.3) is 0 Å². The van der Waals surface area contributed by atoms with Gasteiger partial charge in [0.1, 0.15) is 12.0 Å². The molecule has 0 saturated carbocycles. The number of halogens is 1. The van der Waals surface area contributed by atoms with Crippen LogP contribution >= 0.6 is 11.6 Å². The minimum atomic E-state index is -0.980. The molecule has 0 bridgehead atoms. The van der Waals surface area contributed by atoms with Crippen LogP contribution in [0.15, 0.2) is 0 Å². The van der Waals surface area contributed by atoms with Crippen molar-refractivity contribution in [3.8, 4) is 0 Å². The summed E-state index contributed by atoms with van der Waals surface area (Å²) in [4.78, 5) is 9.24. The van der Waals surface area contributed by atoms with Gasteiger partial charge in [-0.05, 0) is 0 Å². The Labute approximate surface area is 139 Å². The Hall–Kier alpha value is 1.46. The average Bonchev–Trinajstić information content (AvgIpc) is 2.28. The molecule has 0 aliphatic carbocycles. The molecule has 0 fully saturated rings. The van der Waals surface area contributed by atoms with Crippen LogP contribution in [0.25, 0.3) is 0 Å². The number of aliphatic hydroxyl groups excluding tert-OH is 3. The fraction of sp³-hybridized carbons (Fsp3) is 0.875. The number of carboxylic acids is 1. The molecule has 8 heteroatoms. The third kappa shape index (κ3) is 45.2. The molecule has 0 atom stereocenters. The Kier molecular flexibility index (Phi) is 41.3. The summed E-state index contributed by atoms with van der Waals surface area (Å²) in [5.41, 5.74) is 0. The quantitative estimate of drug-likeness (QED) is 0.369. The van der Waals surface area contributed by atoms with Crippen molar-refractivity contribution in [1.29, 1.82) is 0 Å². The molecule has 0 unspecified atom stereocenters. The van der Waals surface area contributed by atoms with Gasteiger partial charge in [0.05, 0.1) is 13.2 Å². The van der Waals surface area contributed by atoms with Crippen LogP contribution < -0.4 is 0 Å². The SMILES string of the molecule is CC[CH2][Zn].O=C(O)CCl.OCC(O)CO.[La]. The Balaban J connectivity index is -0.0000000668. The first-order valence-corrected chi connectivity index (χ1v) is 7.10. The third-order valence-electron chi connectivity index (χ3n) is 0.889. The van der Waals surface area contributed by atoms with E-state index >= 15 is 0 Å². The van der Waals surface area contributed by atoms with E-state index in [9.17, 15) is 4.79 Å². The van der Waals surface area contributed by atoms with Gasteiger partial charge in [0, 0.05) is 35.6 Å². The first kappa shape index (κ1) is 26.1. The largest absolute Gasteiger partial charge is 0.480 e. The molecule has 5 nitrogen and oxygen atoms in total. The summed E-state index contributed by atoms with van der Waals surface area (Å²) >= 11 is 6.21. The maximum Gasteiger partial charge on any atom is 0.318 e. The molecule has 0 aromatic heterocycles. The van der Waals surface area contributed by atoms with E-state index in [1.165, 1.54) is 29.7 Å². The van der Waals surface area contributed by atoms with Crippen LogP contribution in [0.2, 0.25) is 5.02 Å². The molecule has 0 saturated heterocycles. The van der Waals surface area contributed by atoms with Crippen molar-refractivity contribution in [1.82, 2.24) is 0 Å². The van der Waals surface area contributed by atoms with Gasteiger partial charge in [-0.1, -0.05) is 0 Å². The summed E-state index contributed by atoms with van der Waals surface area (Å²) in [6.07, 6.45) is 0.421. The van der Waals surface area contributed by atoms with Gasteiger partial charge >= 0.3 is 42.6 Å². The van der Waals surface area contributed by atoms with E-state index in [-0.39, 0.29) is 54.7 Å². The van der Waals surface area contributed by atoms with Gasteiger partial charge in [-0.3, -0.25) is 4.79 Å². The van der Waals surface area contributed by atoms with E-state index in [0.717, 1.165) is 0 Å². The Morgan fingerprint density at radius 2 is 1.62 bits per heavy atom. The number of carboxylic acid groups (broad SMARTS) is 1. The minimum Gasteiger partial charge on any atom is -0.480 e. The molecule has 0 spiro atoms. The first-order chi connectivity index (χ1) is 6.99. The van der Waals surface area contributed by atoms with Gasteiger partial charge in [-0.2, -0.15) is 0 Å². The van der Waals surface area contributed by atoms with E-state index in [0.29, 0.717) is 0 Å². The van der Waals surface area contributed by atoms with Gasteiger partial charge < -0.3 is 20.4 Å². The van der Waals surface area contributed by atoms with E-state index < -0.39 is 12.1 Å². The van der Waals surface area contributed by atoms with Gasteiger partial charge in [0.2, 0.25) is 0 Å². The van der Waals surface area contributed by atoms with Crippen LogP contribution in [0.1, 0.15) is 13.3 Å². The molecule has 1 radical (unpaired) electrons. The smallest absolute Gasteiger partial charge is 0.318 e. The topological polar surface area (TPSA) is 98.0 Å². The zero-order chi connectivity index (χ0) is 12.7. The van der Waals surface area contributed by atoms with Crippen molar-refractivity contribution >= 4 is 17.6 Å². The predicted octanol–water partition coefficient (Wildman–Crippen LogP) is 0.00320. The van der Waals surface area contributed by atoms with Crippen LogP contribution in [-0.4, -0.2) is 51.6 Å². The number of alkyl halides is 1. The number of hydrogen-bond acceptors (Lipinski definition) is 4. The van der Waals surface area contributed by atoms with Crippen molar-refractivity contribution in [2.75, 3.05) is 19.1 Å². The first-order valence-electron chi connectivity index (χ1n) is 4.46. The summed E-state index contributed by atoms with van der Waals surface area (Å²) in [6, 6.07) is 0. The van der Waals surface area contributed by atoms with Gasteiger partial charge in [0.15, 0.2) is 0 Å². The molecule has 0 aliphatic rings. The van der Waals surface area contributed by atoms with E-state index in [1.54, 1.807) is 0 Å². The number of carbonyl (C=O) groups is 1. The molecular weight excluding hydrogens is 416 g/mol. The fourth-order valence-corrected chi connectivity index (χ4v) is 0.0577. The van der Waals surface area contributed by atoms with Crippen molar-refractivity contribution in [3.05, 3.63) is 0 Å². The summed E-state index contributed by atoms with van der Waals surface area (Å²) in [7, 11) is 0. The predicted molar refractivity (Wildman–Crippen MR) is 53.6 cm³/mol. The molecule has 0 aromatic rings. The zero-order valence-electron chi connectivity index (χ0n) is 9.47. The number of hydrogen-bond donors (Lipinski definition) is 4. The number of aliphatic carboxylic acids is 1. The van der Waals surface area contributed by atoms with Crippen LogP contribution in [-0.2, 0) is 23.1 Å². The molecule has 0 amide bonds. The second-order valence-electron chi connectivity index (χ2n) is 2.40. The van der Waals surface area contributed by atoms with Gasteiger partial charge in [-0.15, -0.1) is 11.6 Å². The van der Waals surface area contributed by atoms with Crippen molar-refractivity contribution in [3.63, 3.8) is 0 Å². The number of rotatable bonds is 4. The second kappa shape index (κ2) is 25.3. The Morgan fingerprint density at radius 3 is 1.62 bits per heavy atom. The van der Waals surface area contributed by atoms with E-state index in [4.69, 9.17) is 32.0 Å². The molecular formula is C8H18ClLaO5Zn. The molecule has 0 aromatic carbocycles. The second-order valence-corrected chi connectivity index (χ2v) is 4.15. The molecule has 92 valence electrons. The molecule has 0 rings (SSSR count). The number of aliphatic hydroxyl groups is 3. The van der Waals surface area contributed by atoms with Crippen LogP contribution in [0.5, 0.6) is 0 Å². The summed E-state index contributed by atoms with van der Waals surface area (Å²) in [5, 5.41) is 33.1. The molecule has 0 heterocycles. The van der Waals surface area contributed by atoms with Crippen LogP contribution in [0.3, 0.4) is 0 Å². The molecule has 0 aliphatic heterocycles. The normalized spacial score (nSPS) is 8.00. The molecule has 4 N–H and O–H groups in total. The molecule has 16 heavy (non-hydrogen) atoms. The zero-order valence-corrected chi connectivity index (χ0v) is 16.8. The standard InChI is InChI=1S/C3H8O3.C3H7.C2H3ClO2.La.Zn/c4-1-3(6)2-5;1-3-2;3-1-2(4)5;;/h3-6H,1-2H2;1,3H2,2H3;1H2,(H,4,5);;. The summed E-state index contributed by atoms with van der Waals surface area (Å²) in [5.74, 6) is -1.29. The maximum absolute atomic E-state index is 9.24. The van der Waals surface area contributed by atoms with Crippen molar-refractivity contribution in [2.45, 2.75) is 24.5 Å². The Bertz CT molecular complexity index is 125. The van der Waals surface area contributed by atoms with Crippen molar-refractivity contribution < 1.29 is 79.1 Å². The maximum atomic E-state index is 9.24. The summed E-state index contributed by atoms with van der Waals surface area (Å²) in [6.45, 7) is 1.48. The van der Waals surface area contributed by atoms with Crippen LogP contribution in [0, 0.1) is 35.6 Å².